The van der Waals surface area contributed by atoms with Crippen LogP contribution in [0.3, 0.4) is 0 Å². The van der Waals surface area contributed by atoms with E-state index in [1.165, 1.54) is 35.1 Å². The van der Waals surface area contributed by atoms with Crippen molar-refractivity contribution in [2.45, 2.75) is 6.42 Å². The maximum atomic E-state index is 13.2. The predicted octanol–water partition coefficient (Wildman–Crippen LogP) is 4.11. The number of fused-ring (bicyclic) bond motifs is 3. The number of nitrogens with zero attached hydrogens (tertiary/aromatic N) is 1. The number of halogens is 1. The number of thiazole rings is 1. The van der Waals surface area contributed by atoms with Crippen LogP contribution in [0.4, 0.5) is 9.52 Å². The first kappa shape index (κ1) is 14.8. The van der Waals surface area contributed by atoms with Crippen molar-refractivity contribution < 1.29 is 13.9 Å². The van der Waals surface area contributed by atoms with Crippen molar-refractivity contribution in [1.29, 1.82) is 0 Å². The number of rotatable bonds is 3. The summed E-state index contributed by atoms with van der Waals surface area (Å²) in [5, 5.41) is 3.27. The molecule has 0 saturated heterocycles. The molecule has 0 aliphatic heterocycles. The van der Waals surface area contributed by atoms with Gasteiger partial charge in [0.25, 0.3) is 5.91 Å². The summed E-state index contributed by atoms with van der Waals surface area (Å²) in [6.45, 7) is 0. The lowest BCUT2D eigenvalue weighted by atomic mass is 10.1. The van der Waals surface area contributed by atoms with Crippen LogP contribution in [0.25, 0.3) is 11.3 Å². The van der Waals surface area contributed by atoms with Crippen LogP contribution >= 0.6 is 11.3 Å². The van der Waals surface area contributed by atoms with Gasteiger partial charge < -0.3 is 4.74 Å². The van der Waals surface area contributed by atoms with Crippen molar-refractivity contribution >= 4 is 22.4 Å². The molecule has 2 aromatic carbocycles. The van der Waals surface area contributed by atoms with E-state index in [0.717, 1.165) is 28.3 Å². The standard InChI is InChI=1S/C18H13FN2O2S/c1-23-13-5-6-14-11(8-13)9-15-16(14)20-18(24-15)21-17(22)10-3-2-4-12(19)7-10/h2-8H,9H2,1H3,(H,20,21,22). The zero-order chi connectivity index (χ0) is 16.7. The van der Waals surface area contributed by atoms with E-state index >= 15 is 0 Å². The molecule has 0 bridgehead atoms. The normalized spacial score (nSPS) is 11.8. The Morgan fingerprint density at radius 2 is 2.17 bits per heavy atom. The lowest BCUT2D eigenvalue weighted by molar-refractivity contribution is 0.102. The number of carbonyl (C=O) groups excluding carboxylic acids is 1. The van der Waals surface area contributed by atoms with Gasteiger partial charge in [0.05, 0.1) is 12.8 Å². The van der Waals surface area contributed by atoms with Crippen LogP contribution < -0.4 is 10.1 Å². The minimum atomic E-state index is -0.438. The van der Waals surface area contributed by atoms with Gasteiger partial charge in [0.15, 0.2) is 5.13 Å². The summed E-state index contributed by atoms with van der Waals surface area (Å²) in [7, 11) is 1.64. The number of anilines is 1. The van der Waals surface area contributed by atoms with Crippen molar-refractivity contribution in [2.75, 3.05) is 12.4 Å². The summed E-state index contributed by atoms with van der Waals surface area (Å²) in [5.41, 5.74) is 3.40. The maximum absolute atomic E-state index is 13.2. The van der Waals surface area contributed by atoms with Gasteiger partial charge in [0, 0.05) is 22.4 Å². The smallest absolute Gasteiger partial charge is 0.257 e. The molecular weight excluding hydrogens is 327 g/mol. The molecule has 4 nitrogen and oxygen atoms in total. The van der Waals surface area contributed by atoms with Gasteiger partial charge in [-0.25, -0.2) is 9.37 Å². The third kappa shape index (κ3) is 2.55. The van der Waals surface area contributed by atoms with E-state index < -0.39 is 5.82 Å². The molecule has 1 aliphatic carbocycles. The van der Waals surface area contributed by atoms with E-state index in [2.05, 4.69) is 10.3 Å². The lowest BCUT2D eigenvalue weighted by Gasteiger charge is -2.04. The number of benzene rings is 2. The van der Waals surface area contributed by atoms with Crippen LogP contribution in [0, 0.1) is 5.82 Å². The Morgan fingerprint density at radius 3 is 2.96 bits per heavy atom. The summed E-state index contributed by atoms with van der Waals surface area (Å²) >= 11 is 1.44. The molecule has 1 aromatic heterocycles. The van der Waals surface area contributed by atoms with Gasteiger partial charge in [0.2, 0.25) is 0 Å². The SMILES string of the molecule is COc1ccc2c(c1)Cc1sc(NC(=O)c3cccc(F)c3)nc1-2. The Morgan fingerprint density at radius 1 is 1.29 bits per heavy atom. The zero-order valence-corrected chi connectivity index (χ0v) is 13.6. The number of carbonyl (C=O) groups is 1. The molecule has 6 heteroatoms. The summed E-state index contributed by atoms with van der Waals surface area (Å²) in [6.07, 6.45) is 0.773. The summed E-state index contributed by atoms with van der Waals surface area (Å²) < 4.78 is 18.5. The summed E-state index contributed by atoms with van der Waals surface area (Å²) in [4.78, 5) is 17.8. The fourth-order valence-corrected chi connectivity index (χ4v) is 3.78. The number of hydrogen-bond acceptors (Lipinski definition) is 4. The van der Waals surface area contributed by atoms with Crippen molar-refractivity contribution in [3.05, 3.63) is 64.3 Å². The largest absolute Gasteiger partial charge is 0.497 e. The topological polar surface area (TPSA) is 51.2 Å². The summed E-state index contributed by atoms with van der Waals surface area (Å²) in [6, 6.07) is 11.5. The number of methoxy groups -OCH3 is 1. The van der Waals surface area contributed by atoms with Gasteiger partial charge in [-0.15, -0.1) is 11.3 Å². The van der Waals surface area contributed by atoms with Crippen LogP contribution in [-0.4, -0.2) is 18.0 Å². The molecule has 0 unspecified atom stereocenters. The van der Waals surface area contributed by atoms with Crippen LogP contribution in [0.15, 0.2) is 42.5 Å². The Balaban J connectivity index is 1.59. The number of hydrogen-bond donors (Lipinski definition) is 1. The van der Waals surface area contributed by atoms with Gasteiger partial charge in [0.1, 0.15) is 11.6 Å². The number of ether oxygens (including phenoxy) is 1. The quantitative estimate of drug-likeness (QED) is 0.610. The molecule has 120 valence electrons. The number of aromatic nitrogens is 1. The molecule has 4 rings (SSSR count). The third-order valence-corrected chi connectivity index (χ3v) is 4.89. The lowest BCUT2D eigenvalue weighted by Crippen LogP contribution is -2.11. The molecule has 1 heterocycles. The van der Waals surface area contributed by atoms with Crippen LogP contribution in [0.2, 0.25) is 0 Å². The van der Waals surface area contributed by atoms with Crippen molar-refractivity contribution in [3.63, 3.8) is 0 Å². The van der Waals surface area contributed by atoms with Crippen molar-refractivity contribution in [2.24, 2.45) is 0 Å². The van der Waals surface area contributed by atoms with Gasteiger partial charge in [-0.1, -0.05) is 6.07 Å². The fourth-order valence-electron chi connectivity index (χ4n) is 2.78. The number of amides is 1. The van der Waals surface area contributed by atoms with Gasteiger partial charge in [-0.2, -0.15) is 0 Å². The van der Waals surface area contributed by atoms with E-state index in [1.807, 2.05) is 18.2 Å². The Labute approximate surface area is 141 Å². The second-order valence-corrected chi connectivity index (χ2v) is 6.54. The van der Waals surface area contributed by atoms with E-state index in [-0.39, 0.29) is 11.5 Å². The average Bonchev–Trinajstić information content (AvgIpc) is 3.11. The molecule has 3 aromatic rings. The Hall–Kier alpha value is -2.73. The zero-order valence-electron chi connectivity index (χ0n) is 12.8. The van der Waals surface area contributed by atoms with Gasteiger partial charge in [-0.05, 0) is 42.0 Å². The van der Waals surface area contributed by atoms with Crippen LogP contribution in [0.5, 0.6) is 5.75 Å². The van der Waals surface area contributed by atoms with Crippen molar-refractivity contribution in [3.8, 4) is 17.0 Å². The molecule has 0 fully saturated rings. The first-order valence-corrected chi connectivity index (χ1v) is 8.19. The highest BCUT2D eigenvalue weighted by Gasteiger charge is 2.24. The molecule has 0 atom stereocenters. The van der Waals surface area contributed by atoms with Crippen molar-refractivity contribution in [1.82, 2.24) is 4.98 Å². The molecule has 0 spiro atoms. The van der Waals surface area contributed by atoms with Crippen LogP contribution in [-0.2, 0) is 6.42 Å². The highest BCUT2D eigenvalue weighted by atomic mass is 32.1. The maximum Gasteiger partial charge on any atom is 0.257 e. The minimum absolute atomic E-state index is 0.274. The van der Waals surface area contributed by atoms with Gasteiger partial charge in [-0.3, -0.25) is 10.1 Å². The fraction of sp³-hybridized carbons (Fsp3) is 0.111. The first-order valence-electron chi connectivity index (χ1n) is 7.38. The highest BCUT2D eigenvalue weighted by Crippen LogP contribution is 2.42. The predicted molar refractivity (Wildman–Crippen MR) is 91.3 cm³/mol. The molecule has 0 saturated carbocycles. The molecule has 1 aliphatic rings. The molecule has 1 N–H and O–H groups in total. The first-order chi connectivity index (χ1) is 11.6. The van der Waals surface area contributed by atoms with Gasteiger partial charge >= 0.3 is 0 Å². The molecular formula is C18H13FN2O2S. The Bertz CT molecular complexity index is 952. The number of nitrogens with one attached hydrogen (secondary N) is 1. The third-order valence-electron chi connectivity index (χ3n) is 3.92. The second-order valence-electron chi connectivity index (χ2n) is 5.46. The minimum Gasteiger partial charge on any atom is -0.497 e. The van der Waals surface area contributed by atoms with Crippen LogP contribution in [0.1, 0.15) is 20.8 Å². The van der Waals surface area contributed by atoms with E-state index in [1.54, 1.807) is 13.2 Å². The second kappa shape index (κ2) is 5.72. The summed E-state index contributed by atoms with van der Waals surface area (Å²) in [5.74, 6) is 0.0209. The van der Waals surface area contributed by atoms with E-state index in [4.69, 9.17) is 4.74 Å². The average molecular weight is 340 g/mol. The van der Waals surface area contributed by atoms with E-state index in [9.17, 15) is 9.18 Å². The Kier molecular flexibility index (Phi) is 3.54. The molecule has 0 radical (unpaired) electrons. The molecule has 1 amide bonds. The monoisotopic (exact) mass is 340 g/mol. The highest BCUT2D eigenvalue weighted by molar-refractivity contribution is 7.16. The molecule has 24 heavy (non-hydrogen) atoms. The van der Waals surface area contributed by atoms with E-state index in [0.29, 0.717) is 5.13 Å².